The van der Waals surface area contributed by atoms with Gasteiger partial charge in [-0.25, -0.2) is 4.79 Å². The number of benzene rings is 1. The van der Waals surface area contributed by atoms with Crippen LogP contribution in [0.5, 0.6) is 0 Å². The molecule has 0 unspecified atom stereocenters. The van der Waals surface area contributed by atoms with E-state index < -0.39 is 0 Å². The number of alkyl carbamates (subject to hydrolysis) is 1. The molecule has 24 heavy (non-hydrogen) atoms. The molecule has 2 aromatic rings. The van der Waals surface area contributed by atoms with Gasteiger partial charge in [0.25, 0.3) is 0 Å². The third-order valence-corrected chi connectivity index (χ3v) is 4.53. The van der Waals surface area contributed by atoms with Crippen LogP contribution >= 0.6 is 0 Å². The molecule has 0 radical (unpaired) electrons. The van der Waals surface area contributed by atoms with E-state index in [0.717, 1.165) is 35.5 Å². The number of ether oxygens (including phenoxy) is 1. The van der Waals surface area contributed by atoms with Crippen molar-refractivity contribution >= 4 is 11.8 Å². The first-order chi connectivity index (χ1) is 11.5. The Kier molecular flexibility index (Phi) is 4.74. The van der Waals surface area contributed by atoms with Gasteiger partial charge in [-0.1, -0.05) is 30.3 Å². The van der Waals surface area contributed by atoms with Crippen molar-refractivity contribution in [1.29, 1.82) is 0 Å². The lowest BCUT2D eigenvalue weighted by molar-refractivity contribution is 0.129. The lowest BCUT2D eigenvalue weighted by Gasteiger charge is -2.36. The summed E-state index contributed by atoms with van der Waals surface area (Å²) in [5, 5.41) is 10.8. The maximum atomic E-state index is 11.8. The van der Waals surface area contributed by atoms with Crippen LogP contribution < -0.4 is 10.6 Å². The van der Waals surface area contributed by atoms with E-state index in [9.17, 15) is 4.79 Å². The van der Waals surface area contributed by atoms with Gasteiger partial charge >= 0.3 is 6.09 Å². The summed E-state index contributed by atoms with van der Waals surface area (Å²) < 4.78 is 7.13. The second-order valence-electron chi connectivity index (χ2n) is 6.39. The Morgan fingerprint density at radius 2 is 1.96 bits per heavy atom. The molecule has 0 bridgehead atoms. The molecule has 128 valence electrons. The average molecular weight is 328 g/mol. The van der Waals surface area contributed by atoms with Crippen LogP contribution in [0.15, 0.2) is 30.3 Å². The monoisotopic (exact) mass is 328 g/mol. The number of carbonyl (C=O) groups is 1. The van der Waals surface area contributed by atoms with Crippen LogP contribution in [0.2, 0.25) is 0 Å². The SMILES string of the molecule is Cc1nn(C)c(C)c1NC1CC(NC(=O)OCc2ccccc2)C1. The smallest absolute Gasteiger partial charge is 0.407 e. The molecule has 1 aliphatic carbocycles. The molecule has 1 fully saturated rings. The van der Waals surface area contributed by atoms with Crippen molar-refractivity contribution in [1.82, 2.24) is 15.1 Å². The van der Waals surface area contributed by atoms with Crippen LogP contribution in [-0.2, 0) is 18.4 Å². The summed E-state index contributed by atoms with van der Waals surface area (Å²) in [6, 6.07) is 10.2. The van der Waals surface area contributed by atoms with E-state index in [1.807, 2.05) is 49.0 Å². The van der Waals surface area contributed by atoms with Crippen molar-refractivity contribution in [2.45, 2.75) is 45.4 Å². The fourth-order valence-electron chi connectivity index (χ4n) is 2.97. The van der Waals surface area contributed by atoms with Crippen molar-refractivity contribution in [2.75, 3.05) is 5.32 Å². The van der Waals surface area contributed by atoms with Gasteiger partial charge in [0.05, 0.1) is 17.1 Å². The maximum Gasteiger partial charge on any atom is 0.407 e. The topological polar surface area (TPSA) is 68.2 Å². The Bertz CT molecular complexity index is 705. The number of rotatable bonds is 5. The minimum absolute atomic E-state index is 0.169. The van der Waals surface area contributed by atoms with E-state index in [4.69, 9.17) is 4.74 Å². The van der Waals surface area contributed by atoms with Gasteiger partial charge in [0.1, 0.15) is 6.61 Å². The van der Waals surface area contributed by atoms with Crippen molar-refractivity contribution < 1.29 is 9.53 Å². The van der Waals surface area contributed by atoms with Crippen LogP contribution in [0.4, 0.5) is 10.5 Å². The second kappa shape index (κ2) is 6.95. The van der Waals surface area contributed by atoms with E-state index >= 15 is 0 Å². The summed E-state index contributed by atoms with van der Waals surface area (Å²) in [6.45, 7) is 4.36. The molecule has 6 heteroatoms. The molecule has 1 saturated carbocycles. The fraction of sp³-hybridized carbons (Fsp3) is 0.444. The molecular weight excluding hydrogens is 304 g/mol. The first-order valence-electron chi connectivity index (χ1n) is 8.27. The van der Waals surface area contributed by atoms with Crippen LogP contribution in [0.3, 0.4) is 0 Å². The summed E-state index contributed by atoms with van der Waals surface area (Å²) in [7, 11) is 1.95. The normalized spacial score (nSPS) is 19.5. The summed E-state index contributed by atoms with van der Waals surface area (Å²) in [5.41, 5.74) is 4.23. The molecule has 2 N–H and O–H groups in total. The highest BCUT2D eigenvalue weighted by molar-refractivity contribution is 5.68. The Balaban J connectivity index is 1.40. The van der Waals surface area contributed by atoms with Gasteiger partial charge in [-0.3, -0.25) is 4.68 Å². The number of nitrogens with one attached hydrogen (secondary N) is 2. The zero-order valence-electron chi connectivity index (χ0n) is 14.4. The molecule has 0 aliphatic heterocycles. The standard InChI is InChI=1S/C18H24N4O2/c1-12-17(13(2)22(3)21-12)19-15-9-16(10-15)20-18(23)24-11-14-7-5-4-6-8-14/h4-8,15-16,19H,9-11H2,1-3H3,(H,20,23). The fourth-order valence-corrected chi connectivity index (χ4v) is 2.97. The third kappa shape index (κ3) is 3.69. The number of aryl methyl sites for hydroxylation is 2. The predicted octanol–water partition coefficient (Wildman–Crippen LogP) is 2.91. The summed E-state index contributed by atoms with van der Waals surface area (Å²) >= 11 is 0. The summed E-state index contributed by atoms with van der Waals surface area (Å²) in [5.74, 6) is 0. The van der Waals surface area contributed by atoms with E-state index in [0.29, 0.717) is 12.6 Å². The van der Waals surface area contributed by atoms with Crippen molar-refractivity contribution in [3.05, 3.63) is 47.3 Å². The number of amides is 1. The number of carbonyl (C=O) groups excluding carboxylic acids is 1. The average Bonchev–Trinajstić information content (AvgIpc) is 2.78. The maximum absolute atomic E-state index is 11.8. The minimum atomic E-state index is -0.351. The quantitative estimate of drug-likeness (QED) is 0.885. The lowest BCUT2D eigenvalue weighted by atomic mass is 9.86. The number of hydrogen-bond donors (Lipinski definition) is 2. The lowest BCUT2D eigenvalue weighted by Crippen LogP contribution is -2.49. The molecule has 3 rings (SSSR count). The van der Waals surface area contributed by atoms with Crippen molar-refractivity contribution in [3.63, 3.8) is 0 Å². The molecule has 1 amide bonds. The van der Waals surface area contributed by atoms with E-state index in [2.05, 4.69) is 22.7 Å². The molecule has 6 nitrogen and oxygen atoms in total. The van der Waals surface area contributed by atoms with Gasteiger partial charge in [-0.15, -0.1) is 0 Å². The largest absolute Gasteiger partial charge is 0.445 e. The van der Waals surface area contributed by atoms with Crippen LogP contribution in [0.1, 0.15) is 29.8 Å². The van der Waals surface area contributed by atoms with E-state index in [-0.39, 0.29) is 12.1 Å². The first kappa shape index (κ1) is 16.4. The Morgan fingerprint density at radius 3 is 2.58 bits per heavy atom. The van der Waals surface area contributed by atoms with Crippen molar-refractivity contribution in [2.24, 2.45) is 7.05 Å². The molecule has 1 heterocycles. The molecule has 1 aromatic carbocycles. The Morgan fingerprint density at radius 1 is 1.25 bits per heavy atom. The number of anilines is 1. The van der Waals surface area contributed by atoms with Gasteiger partial charge in [0.2, 0.25) is 0 Å². The zero-order chi connectivity index (χ0) is 17.1. The molecule has 0 atom stereocenters. The molecule has 0 spiro atoms. The third-order valence-electron chi connectivity index (χ3n) is 4.53. The van der Waals surface area contributed by atoms with Gasteiger partial charge in [-0.05, 0) is 32.3 Å². The Labute approximate surface area is 142 Å². The van der Waals surface area contributed by atoms with E-state index in [1.54, 1.807) is 0 Å². The van der Waals surface area contributed by atoms with Gasteiger partial charge in [0.15, 0.2) is 0 Å². The molecular formula is C18H24N4O2. The second-order valence-corrected chi connectivity index (χ2v) is 6.39. The van der Waals surface area contributed by atoms with Crippen LogP contribution in [0.25, 0.3) is 0 Å². The van der Waals surface area contributed by atoms with Gasteiger partial charge < -0.3 is 15.4 Å². The van der Waals surface area contributed by atoms with Gasteiger partial charge in [-0.2, -0.15) is 5.10 Å². The Hall–Kier alpha value is -2.50. The highest BCUT2D eigenvalue weighted by Crippen LogP contribution is 2.27. The molecule has 1 aromatic heterocycles. The van der Waals surface area contributed by atoms with Crippen LogP contribution in [-0.4, -0.2) is 28.0 Å². The van der Waals surface area contributed by atoms with Gasteiger partial charge in [0, 0.05) is 19.1 Å². The molecule has 1 aliphatic rings. The number of aromatic nitrogens is 2. The first-order valence-corrected chi connectivity index (χ1v) is 8.27. The highest BCUT2D eigenvalue weighted by Gasteiger charge is 2.31. The number of hydrogen-bond acceptors (Lipinski definition) is 4. The van der Waals surface area contributed by atoms with Crippen LogP contribution in [0, 0.1) is 13.8 Å². The van der Waals surface area contributed by atoms with Crippen molar-refractivity contribution in [3.8, 4) is 0 Å². The number of nitrogens with zero attached hydrogens (tertiary/aromatic N) is 2. The zero-order valence-corrected chi connectivity index (χ0v) is 14.4. The minimum Gasteiger partial charge on any atom is -0.445 e. The predicted molar refractivity (Wildman–Crippen MR) is 92.9 cm³/mol. The summed E-state index contributed by atoms with van der Waals surface area (Å²) in [6.07, 6.45) is 1.44. The van der Waals surface area contributed by atoms with E-state index in [1.165, 1.54) is 0 Å². The highest BCUT2D eigenvalue weighted by atomic mass is 16.5. The molecule has 0 saturated heterocycles. The summed E-state index contributed by atoms with van der Waals surface area (Å²) in [4.78, 5) is 11.8.